The molecule has 4 rings (SSSR count). The highest BCUT2D eigenvalue weighted by molar-refractivity contribution is 7.99. The molecule has 2 aromatic carbocycles. The Hall–Kier alpha value is -3.00. The van der Waals surface area contributed by atoms with Crippen LogP contribution in [-0.2, 0) is 4.79 Å². The second-order valence-corrected chi connectivity index (χ2v) is 7.79. The highest BCUT2D eigenvalue weighted by atomic mass is 32.2. The molecule has 1 aliphatic rings. The summed E-state index contributed by atoms with van der Waals surface area (Å²) in [7, 11) is 0. The first-order valence-corrected chi connectivity index (χ1v) is 10.2. The van der Waals surface area contributed by atoms with Gasteiger partial charge in [-0.25, -0.2) is 0 Å². The van der Waals surface area contributed by atoms with Gasteiger partial charge in [0.15, 0.2) is 11.5 Å². The maximum absolute atomic E-state index is 12.3. The van der Waals surface area contributed by atoms with Gasteiger partial charge in [-0.2, -0.15) is 0 Å². The minimum absolute atomic E-state index is 0.0747. The number of amides is 1. The lowest BCUT2D eigenvalue weighted by Gasteiger charge is -2.15. The normalized spacial score (nSPS) is 13.3. The van der Waals surface area contributed by atoms with Crippen molar-refractivity contribution in [3.63, 3.8) is 0 Å². The number of benzene rings is 2. The van der Waals surface area contributed by atoms with Crippen LogP contribution in [0.25, 0.3) is 11.5 Å². The van der Waals surface area contributed by atoms with Crippen LogP contribution in [-0.4, -0.2) is 28.7 Å². The second-order valence-electron chi connectivity index (χ2n) is 6.86. The maximum Gasteiger partial charge on any atom is 0.277 e. The Morgan fingerprint density at radius 3 is 2.76 bits per heavy atom. The Balaban J connectivity index is 1.33. The van der Waals surface area contributed by atoms with Crippen molar-refractivity contribution in [3.8, 4) is 23.0 Å². The topological polar surface area (TPSA) is 86.5 Å². The van der Waals surface area contributed by atoms with E-state index < -0.39 is 0 Å². The zero-order valence-electron chi connectivity index (χ0n) is 16.4. The molecule has 0 saturated heterocycles. The Labute approximate surface area is 172 Å². The minimum atomic E-state index is -0.0939. The molecule has 0 spiro atoms. The largest absolute Gasteiger partial charge is 0.454 e. The standard InChI is InChI=1S/C21H21N3O4S/c1-12-4-5-15(8-13(12)2)14(3)22-19(25)10-29-21-24-23-20(28-21)16-6-7-17-18(9-16)27-11-26-17/h4-9,14H,10-11H2,1-3H3,(H,22,25)/t14-/m0/s1. The van der Waals surface area contributed by atoms with E-state index in [0.29, 0.717) is 22.6 Å². The zero-order chi connectivity index (χ0) is 20.4. The second kappa shape index (κ2) is 8.16. The van der Waals surface area contributed by atoms with Crippen LogP contribution in [0.15, 0.2) is 46.0 Å². The molecule has 0 aliphatic carbocycles. The van der Waals surface area contributed by atoms with Gasteiger partial charge in [-0.15, -0.1) is 10.2 Å². The highest BCUT2D eigenvalue weighted by Gasteiger charge is 2.17. The quantitative estimate of drug-likeness (QED) is 0.612. The molecule has 1 aromatic heterocycles. The van der Waals surface area contributed by atoms with Crippen LogP contribution in [0.2, 0.25) is 0 Å². The van der Waals surface area contributed by atoms with Crippen LogP contribution >= 0.6 is 11.8 Å². The number of thioether (sulfide) groups is 1. The van der Waals surface area contributed by atoms with Crippen LogP contribution in [0.3, 0.4) is 0 Å². The molecule has 1 atom stereocenters. The smallest absolute Gasteiger partial charge is 0.277 e. The molecule has 2 heterocycles. The molecule has 1 N–H and O–H groups in total. The van der Waals surface area contributed by atoms with E-state index >= 15 is 0 Å². The predicted octanol–water partition coefficient (Wildman–Crippen LogP) is 4.05. The first kappa shape index (κ1) is 19.3. The fourth-order valence-electron chi connectivity index (χ4n) is 2.94. The molecular formula is C21H21N3O4S. The van der Waals surface area contributed by atoms with Crippen molar-refractivity contribution >= 4 is 17.7 Å². The number of ether oxygens (including phenoxy) is 2. The number of carbonyl (C=O) groups is 1. The third kappa shape index (κ3) is 4.37. The van der Waals surface area contributed by atoms with E-state index in [-0.39, 0.29) is 24.5 Å². The van der Waals surface area contributed by atoms with E-state index in [4.69, 9.17) is 13.9 Å². The van der Waals surface area contributed by atoms with E-state index in [9.17, 15) is 4.79 Å². The lowest BCUT2D eigenvalue weighted by atomic mass is 10.0. The van der Waals surface area contributed by atoms with Crippen molar-refractivity contribution in [3.05, 3.63) is 53.1 Å². The van der Waals surface area contributed by atoms with Crippen LogP contribution in [0, 0.1) is 13.8 Å². The summed E-state index contributed by atoms with van der Waals surface area (Å²) in [6.07, 6.45) is 0. The lowest BCUT2D eigenvalue weighted by Crippen LogP contribution is -2.28. The molecule has 0 fully saturated rings. The van der Waals surface area contributed by atoms with Crippen molar-refractivity contribution in [2.24, 2.45) is 0 Å². The number of hydrogen-bond acceptors (Lipinski definition) is 7. The Kier molecular flexibility index (Phi) is 5.44. The molecule has 1 amide bonds. The number of fused-ring (bicyclic) bond motifs is 1. The highest BCUT2D eigenvalue weighted by Crippen LogP contribution is 2.36. The first-order valence-electron chi connectivity index (χ1n) is 9.22. The fraction of sp³-hybridized carbons (Fsp3) is 0.286. The van der Waals surface area contributed by atoms with E-state index in [1.165, 1.54) is 22.9 Å². The average molecular weight is 411 g/mol. The third-order valence-corrected chi connectivity index (χ3v) is 5.58. The Morgan fingerprint density at radius 2 is 1.93 bits per heavy atom. The lowest BCUT2D eigenvalue weighted by molar-refractivity contribution is -0.119. The van der Waals surface area contributed by atoms with Crippen LogP contribution < -0.4 is 14.8 Å². The molecule has 0 radical (unpaired) electrons. The number of aromatic nitrogens is 2. The van der Waals surface area contributed by atoms with E-state index in [0.717, 1.165) is 11.1 Å². The summed E-state index contributed by atoms with van der Waals surface area (Å²) in [6.45, 7) is 6.31. The van der Waals surface area contributed by atoms with Gasteiger partial charge < -0.3 is 19.2 Å². The van der Waals surface area contributed by atoms with Gasteiger partial charge in [0, 0.05) is 5.56 Å². The van der Waals surface area contributed by atoms with E-state index in [1.807, 2.05) is 19.1 Å². The zero-order valence-corrected chi connectivity index (χ0v) is 17.2. The van der Waals surface area contributed by atoms with Crippen LogP contribution in [0.4, 0.5) is 0 Å². The molecule has 3 aromatic rings. The number of rotatable bonds is 6. The van der Waals surface area contributed by atoms with Gasteiger partial charge >= 0.3 is 0 Å². The van der Waals surface area contributed by atoms with Gasteiger partial charge in [-0.3, -0.25) is 4.79 Å². The van der Waals surface area contributed by atoms with Gasteiger partial charge in [0.25, 0.3) is 5.22 Å². The Bertz CT molecular complexity index is 1050. The van der Waals surface area contributed by atoms with E-state index in [2.05, 4.69) is 41.5 Å². The average Bonchev–Trinajstić information content (AvgIpc) is 3.37. The summed E-state index contributed by atoms with van der Waals surface area (Å²) < 4.78 is 16.3. The van der Waals surface area contributed by atoms with Crippen molar-refractivity contribution in [1.82, 2.24) is 15.5 Å². The molecule has 0 bridgehead atoms. The maximum atomic E-state index is 12.3. The number of carbonyl (C=O) groups excluding carboxylic acids is 1. The summed E-state index contributed by atoms with van der Waals surface area (Å²) in [6, 6.07) is 11.6. The van der Waals surface area contributed by atoms with Gasteiger partial charge in [0.05, 0.1) is 11.8 Å². The van der Waals surface area contributed by atoms with Crippen molar-refractivity contribution in [2.45, 2.75) is 32.0 Å². The molecule has 0 saturated carbocycles. The van der Waals surface area contributed by atoms with Crippen molar-refractivity contribution < 1.29 is 18.7 Å². The number of nitrogens with one attached hydrogen (secondary N) is 1. The van der Waals surface area contributed by atoms with Crippen molar-refractivity contribution in [2.75, 3.05) is 12.5 Å². The summed E-state index contributed by atoms with van der Waals surface area (Å²) >= 11 is 1.20. The molecule has 150 valence electrons. The van der Waals surface area contributed by atoms with E-state index in [1.54, 1.807) is 12.1 Å². The predicted molar refractivity (Wildman–Crippen MR) is 109 cm³/mol. The molecule has 0 unspecified atom stereocenters. The number of nitrogens with zero attached hydrogens (tertiary/aromatic N) is 2. The summed E-state index contributed by atoms with van der Waals surface area (Å²) in [5.74, 6) is 1.81. The molecule has 8 heteroatoms. The number of hydrogen-bond donors (Lipinski definition) is 1. The molecule has 7 nitrogen and oxygen atoms in total. The summed E-state index contributed by atoms with van der Waals surface area (Å²) in [5.41, 5.74) is 4.26. The first-order chi connectivity index (χ1) is 14.0. The number of aryl methyl sites for hydroxylation is 2. The van der Waals surface area contributed by atoms with Crippen LogP contribution in [0.1, 0.15) is 29.7 Å². The minimum Gasteiger partial charge on any atom is -0.454 e. The molecule has 1 aliphatic heterocycles. The Morgan fingerprint density at radius 1 is 1.10 bits per heavy atom. The van der Waals surface area contributed by atoms with Gasteiger partial charge in [-0.1, -0.05) is 30.0 Å². The van der Waals surface area contributed by atoms with Gasteiger partial charge in [0.2, 0.25) is 18.6 Å². The summed E-state index contributed by atoms with van der Waals surface area (Å²) in [4.78, 5) is 12.3. The fourth-order valence-corrected chi connectivity index (χ4v) is 3.52. The third-order valence-electron chi connectivity index (χ3n) is 4.76. The molecule has 29 heavy (non-hydrogen) atoms. The SMILES string of the molecule is Cc1ccc([C@H](C)NC(=O)CSc2nnc(-c3ccc4c(c3)OCO4)o2)cc1C. The summed E-state index contributed by atoms with van der Waals surface area (Å²) in [5, 5.41) is 11.4. The van der Waals surface area contributed by atoms with Crippen molar-refractivity contribution in [1.29, 1.82) is 0 Å². The van der Waals surface area contributed by atoms with Gasteiger partial charge in [0.1, 0.15) is 0 Å². The van der Waals surface area contributed by atoms with Gasteiger partial charge in [-0.05, 0) is 55.7 Å². The van der Waals surface area contributed by atoms with Crippen LogP contribution in [0.5, 0.6) is 11.5 Å². The monoisotopic (exact) mass is 411 g/mol. The molecular weight excluding hydrogens is 390 g/mol.